The zero-order chi connectivity index (χ0) is 19.3. The Morgan fingerprint density at radius 1 is 0.929 bits per heavy atom. The van der Waals surface area contributed by atoms with Crippen molar-refractivity contribution in [3.05, 3.63) is 95.6 Å². The van der Waals surface area contributed by atoms with Crippen molar-refractivity contribution < 1.29 is 4.74 Å². The van der Waals surface area contributed by atoms with E-state index in [1.165, 1.54) is 5.56 Å². The van der Waals surface area contributed by atoms with E-state index in [2.05, 4.69) is 28.8 Å². The summed E-state index contributed by atoms with van der Waals surface area (Å²) in [5, 5.41) is 1.66. The molecule has 5 heteroatoms. The fraction of sp³-hybridized carbons (Fsp3) is 0.0870. The second-order valence-electron chi connectivity index (χ2n) is 6.24. The molecule has 0 aliphatic rings. The summed E-state index contributed by atoms with van der Waals surface area (Å²) in [6.07, 6.45) is 1.92. The molecule has 4 rings (SSSR count). The van der Waals surface area contributed by atoms with Crippen molar-refractivity contribution in [3.8, 4) is 22.7 Å². The summed E-state index contributed by atoms with van der Waals surface area (Å²) in [4.78, 5) is 4.71. The van der Waals surface area contributed by atoms with E-state index in [-0.39, 0.29) is 0 Å². The molecule has 28 heavy (non-hydrogen) atoms. The maximum absolute atomic E-state index is 6.10. The van der Waals surface area contributed by atoms with Crippen LogP contribution in [0.25, 0.3) is 16.9 Å². The highest BCUT2D eigenvalue weighted by Crippen LogP contribution is 2.32. The monoisotopic (exact) mass is 406 g/mol. The Morgan fingerprint density at radius 2 is 1.64 bits per heavy atom. The zero-order valence-corrected chi connectivity index (χ0v) is 17.0. The van der Waals surface area contributed by atoms with Gasteiger partial charge >= 0.3 is 0 Å². The maximum Gasteiger partial charge on any atom is 0.173 e. The SMILES string of the molecule is COc1ccc(-c2cnc(SCc3ccccc3)n2-c2ccc(Cl)cc2)cc1. The Hall–Kier alpha value is -2.69. The molecule has 0 aliphatic carbocycles. The van der Waals surface area contributed by atoms with Crippen molar-refractivity contribution in [2.75, 3.05) is 7.11 Å². The molecule has 3 nitrogen and oxygen atoms in total. The minimum absolute atomic E-state index is 0.716. The molecule has 0 bridgehead atoms. The van der Waals surface area contributed by atoms with Gasteiger partial charge in [0.1, 0.15) is 5.75 Å². The van der Waals surface area contributed by atoms with Crippen LogP contribution in [0.2, 0.25) is 5.02 Å². The van der Waals surface area contributed by atoms with Crippen LogP contribution < -0.4 is 4.74 Å². The Balaban J connectivity index is 1.73. The van der Waals surface area contributed by atoms with Gasteiger partial charge in [-0.25, -0.2) is 4.98 Å². The van der Waals surface area contributed by atoms with Crippen molar-refractivity contribution in [1.82, 2.24) is 9.55 Å². The lowest BCUT2D eigenvalue weighted by Crippen LogP contribution is -1.99. The first-order chi connectivity index (χ1) is 13.7. The summed E-state index contributed by atoms with van der Waals surface area (Å²) in [5.41, 5.74) is 4.41. The van der Waals surface area contributed by atoms with Crippen molar-refractivity contribution >= 4 is 23.4 Å². The molecule has 140 valence electrons. The highest BCUT2D eigenvalue weighted by molar-refractivity contribution is 7.98. The summed E-state index contributed by atoms with van der Waals surface area (Å²) in [5.74, 6) is 1.69. The molecule has 0 unspecified atom stereocenters. The van der Waals surface area contributed by atoms with E-state index < -0.39 is 0 Å². The topological polar surface area (TPSA) is 27.1 Å². The lowest BCUT2D eigenvalue weighted by atomic mass is 10.1. The zero-order valence-electron chi connectivity index (χ0n) is 15.4. The van der Waals surface area contributed by atoms with Gasteiger partial charge in [-0.3, -0.25) is 4.57 Å². The minimum atomic E-state index is 0.716. The summed E-state index contributed by atoms with van der Waals surface area (Å²) in [6.45, 7) is 0. The van der Waals surface area contributed by atoms with E-state index >= 15 is 0 Å². The second kappa shape index (κ2) is 8.55. The van der Waals surface area contributed by atoms with E-state index in [1.54, 1.807) is 18.9 Å². The van der Waals surface area contributed by atoms with Crippen LogP contribution in [0.3, 0.4) is 0 Å². The predicted molar refractivity (Wildman–Crippen MR) is 117 cm³/mol. The van der Waals surface area contributed by atoms with Gasteiger partial charge in [-0.1, -0.05) is 53.7 Å². The first-order valence-corrected chi connectivity index (χ1v) is 10.3. The van der Waals surface area contributed by atoms with E-state index in [9.17, 15) is 0 Å². The van der Waals surface area contributed by atoms with Crippen LogP contribution in [-0.2, 0) is 5.75 Å². The minimum Gasteiger partial charge on any atom is -0.497 e. The van der Waals surface area contributed by atoms with Gasteiger partial charge in [-0.2, -0.15) is 0 Å². The predicted octanol–water partition coefficient (Wildman–Crippen LogP) is 6.49. The molecule has 0 saturated carbocycles. The largest absolute Gasteiger partial charge is 0.497 e. The highest BCUT2D eigenvalue weighted by Gasteiger charge is 2.14. The molecule has 3 aromatic carbocycles. The average molecular weight is 407 g/mol. The van der Waals surface area contributed by atoms with Crippen LogP contribution in [-0.4, -0.2) is 16.7 Å². The molecule has 0 spiro atoms. The van der Waals surface area contributed by atoms with Crippen LogP contribution >= 0.6 is 23.4 Å². The van der Waals surface area contributed by atoms with Gasteiger partial charge in [0.25, 0.3) is 0 Å². The molecular weight excluding hydrogens is 388 g/mol. The molecule has 0 fully saturated rings. The van der Waals surface area contributed by atoms with Crippen LogP contribution in [0, 0.1) is 0 Å². The number of rotatable bonds is 6. The number of ether oxygens (including phenoxy) is 1. The Bertz CT molecular complexity index is 1040. The van der Waals surface area contributed by atoms with Crippen molar-refractivity contribution in [2.45, 2.75) is 10.9 Å². The first kappa shape index (κ1) is 18.7. The third-order valence-corrected chi connectivity index (χ3v) is 5.69. The fourth-order valence-corrected chi connectivity index (χ4v) is 4.04. The van der Waals surface area contributed by atoms with Crippen molar-refractivity contribution in [2.24, 2.45) is 0 Å². The summed E-state index contributed by atoms with van der Waals surface area (Å²) < 4.78 is 7.46. The van der Waals surface area contributed by atoms with Gasteiger partial charge in [0, 0.05) is 22.0 Å². The number of methoxy groups -OCH3 is 1. The van der Waals surface area contributed by atoms with Crippen molar-refractivity contribution in [1.29, 1.82) is 0 Å². The van der Waals surface area contributed by atoms with Crippen LogP contribution in [0.1, 0.15) is 5.56 Å². The number of halogens is 1. The average Bonchev–Trinajstić information content (AvgIpc) is 3.17. The number of hydrogen-bond donors (Lipinski definition) is 0. The number of thioether (sulfide) groups is 1. The number of aromatic nitrogens is 2. The van der Waals surface area contributed by atoms with Gasteiger partial charge < -0.3 is 4.74 Å². The molecule has 0 aliphatic heterocycles. The molecule has 0 radical (unpaired) electrons. The quantitative estimate of drug-likeness (QED) is 0.342. The van der Waals surface area contributed by atoms with Crippen LogP contribution in [0.5, 0.6) is 5.75 Å². The number of imidazole rings is 1. The Morgan fingerprint density at radius 3 is 2.32 bits per heavy atom. The van der Waals surface area contributed by atoms with Crippen molar-refractivity contribution in [3.63, 3.8) is 0 Å². The third kappa shape index (κ3) is 4.08. The van der Waals surface area contributed by atoms with Gasteiger partial charge in [0.05, 0.1) is 19.0 Å². The highest BCUT2D eigenvalue weighted by atomic mass is 35.5. The maximum atomic E-state index is 6.10. The Labute approximate surface area is 174 Å². The molecule has 4 aromatic rings. The van der Waals surface area contributed by atoms with E-state index in [4.69, 9.17) is 21.3 Å². The number of benzene rings is 3. The van der Waals surface area contributed by atoms with E-state index in [0.29, 0.717) is 5.02 Å². The van der Waals surface area contributed by atoms with Gasteiger partial charge in [0.15, 0.2) is 5.16 Å². The normalized spacial score (nSPS) is 10.8. The van der Waals surface area contributed by atoms with Gasteiger partial charge in [-0.15, -0.1) is 0 Å². The fourth-order valence-electron chi connectivity index (χ4n) is 2.96. The third-order valence-electron chi connectivity index (χ3n) is 4.41. The summed E-state index contributed by atoms with van der Waals surface area (Å²) in [7, 11) is 1.67. The van der Waals surface area contributed by atoms with Gasteiger partial charge in [-0.05, 0) is 54.1 Å². The van der Waals surface area contributed by atoms with Gasteiger partial charge in [0.2, 0.25) is 0 Å². The second-order valence-corrected chi connectivity index (χ2v) is 7.62. The summed E-state index contributed by atoms with van der Waals surface area (Å²) >= 11 is 7.82. The molecule has 0 N–H and O–H groups in total. The molecule has 1 aromatic heterocycles. The molecular formula is C23H19ClN2OS. The van der Waals surface area contributed by atoms with Crippen LogP contribution in [0.4, 0.5) is 0 Å². The number of nitrogens with zero attached hydrogens (tertiary/aromatic N) is 2. The molecule has 0 atom stereocenters. The molecule has 1 heterocycles. The van der Waals surface area contributed by atoms with Crippen LogP contribution in [0.15, 0.2) is 90.2 Å². The molecule has 0 amide bonds. The molecule has 0 saturated heterocycles. The summed E-state index contributed by atoms with van der Waals surface area (Å²) in [6, 6.07) is 26.3. The Kier molecular flexibility index (Phi) is 5.70. The van der Waals surface area contributed by atoms with E-state index in [0.717, 1.165) is 33.6 Å². The smallest absolute Gasteiger partial charge is 0.173 e. The number of hydrogen-bond acceptors (Lipinski definition) is 3. The van der Waals surface area contributed by atoms with E-state index in [1.807, 2.05) is 60.8 Å². The standard InChI is InChI=1S/C23H19ClN2OS/c1-27-21-13-7-18(8-14-21)22-15-25-23(28-16-17-5-3-2-4-6-17)26(22)20-11-9-19(24)10-12-20/h2-15H,16H2,1H3. The lowest BCUT2D eigenvalue weighted by Gasteiger charge is -2.13. The lowest BCUT2D eigenvalue weighted by molar-refractivity contribution is 0.415. The first-order valence-electron chi connectivity index (χ1n) is 8.89.